The largest absolute Gasteiger partial charge is 0.463 e. The van der Waals surface area contributed by atoms with Gasteiger partial charge in [-0.3, -0.25) is 0 Å². The molecule has 0 aliphatic heterocycles. The van der Waals surface area contributed by atoms with Crippen molar-refractivity contribution in [2.75, 3.05) is 18.1 Å². The van der Waals surface area contributed by atoms with Crippen LogP contribution in [-0.4, -0.2) is 23.3 Å². The number of hydrogen-bond donors (Lipinski definition) is 1. The molecule has 0 unspecified atom stereocenters. The van der Waals surface area contributed by atoms with E-state index in [1.165, 1.54) is 17.4 Å². The van der Waals surface area contributed by atoms with Crippen LogP contribution in [0.3, 0.4) is 0 Å². The molecule has 0 aromatic carbocycles. The number of thioether (sulfide) groups is 1. The number of hydrogen-bond acceptors (Lipinski definition) is 6. The van der Waals surface area contributed by atoms with E-state index < -0.39 is 0 Å². The number of ether oxygens (including phenoxy) is 1. The zero-order valence-corrected chi connectivity index (χ0v) is 10.9. The Labute approximate surface area is 103 Å². The molecule has 0 saturated heterocycles. The molecule has 16 heavy (non-hydrogen) atoms. The van der Waals surface area contributed by atoms with E-state index in [1.54, 1.807) is 24.8 Å². The van der Waals surface area contributed by atoms with Gasteiger partial charge in [-0.2, -0.15) is 0 Å². The third-order valence-electron chi connectivity index (χ3n) is 1.62. The van der Waals surface area contributed by atoms with Crippen LogP contribution in [0, 0.1) is 6.92 Å². The molecule has 6 heteroatoms. The highest BCUT2D eigenvalue weighted by molar-refractivity contribution is 8.01. The molecule has 2 N–H and O–H groups in total. The van der Waals surface area contributed by atoms with Crippen LogP contribution in [0.4, 0.5) is 5.13 Å². The molecule has 4 nitrogen and oxygen atoms in total. The van der Waals surface area contributed by atoms with Crippen LogP contribution < -0.4 is 5.73 Å². The molecule has 0 bridgehead atoms. The summed E-state index contributed by atoms with van der Waals surface area (Å²) in [5.41, 5.74) is 6.52. The van der Waals surface area contributed by atoms with E-state index in [4.69, 9.17) is 10.5 Å². The van der Waals surface area contributed by atoms with Gasteiger partial charge in [-0.05, 0) is 13.8 Å². The number of rotatable bonds is 5. The maximum absolute atomic E-state index is 11.0. The summed E-state index contributed by atoms with van der Waals surface area (Å²) in [6.45, 7) is 4.11. The Morgan fingerprint density at radius 2 is 2.44 bits per heavy atom. The minimum Gasteiger partial charge on any atom is -0.463 e. The van der Waals surface area contributed by atoms with Gasteiger partial charge in [-0.15, -0.1) is 11.8 Å². The summed E-state index contributed by atoms with van der Waals surface area (Å²) >= 11 is 3.07. The number of nitrogens with zero attached hydrogens (tertiary/aromatic N) is 1. The smallest absolute Gasteiger partial charge is 0.330 e. The highest BCUT2D eigenvalue weighted by Gasteiger charge is 2.04. The highest BCUT2D eigenvalue weighted by Crippen LogP contribution is 2.30. The van der Waals surface area contributed by atoms with E-state index >= 15 is 0 Å². The minimum absolute atomic E-state index is 0.302. The first kappa shape index (κ1) is 13.1. The molecule has 0 aliphatic rings. The normalized spacial score (nSPS) is 10.9. The average Bonchev–Trinajstić information content (AvgIpc) is 2.53. The summed E-state index contributed by atoms with van der Waals surface area (Å²) in [5, 5.41) is 0.578. The second-order valence-corrected chi connectivity index (χ2v) is 5.21. The van der Waals surface area contributed by atoms with Crippen LogP contribution in [0.2, 0.25) is 0 Å². The van der Waals surface area contributed by atoms with Gasteiger partial charge in [0, 0.05) is 11.8 Å². The number of aromatic nitrogens is 1. The second kappa shape index (κ2) is 6.55. The summed E-state index contributed by atoms with van der Waals surface area (Å²) in [6, 6.07) is 0. The maximum atomic E-state index is 11.0. The van der Waals surface area contributed by atoms with Gasteiger partial charge in [0.05, 0.1) is 16.5 Å². The van der Waals surface area contributed by atoms with Crippen LogP contribution in [0.1, 0.15) is 12.6 Å². The number of esters is 1. The first-order chi connectivity index (χ1) is 7.63. The molecule has 0 spiro atoms. The third-order valence-corrected chi connectivity index (χ3v) is 3.92. The van der Waals surface area contributed by atoms with Crippen molar-refractivity contribution in [3.05, 3.63) is 17.8 Å². The standard InChI is InChI=1S/C10H14N2O2S2/c1-3-14-8(13)5-4-6-15-9-7(2)12-10(11)16-9/h4-5H,3,6H2,1-2H3,(H2,11,12)/b5-4+. The van der Waals surface area contributed by atoms with Crippen LogP contribution in [0.25, 0.3) is 0 Å². The fourth-order valence-corrected chi connectivity index (χ4v) is 2.86. The Morgan fingerprint density at radius 3 is 3.00 bits per heavy atom. The Balaban J connectivity index is 2.35. The molecule has 1 aromatic heterocycles. The number of aryl methyl sites for hydroxylation is 1. The number of carbonyl (C=O) groups excluding carboxylic acids is 1. The van der Waals surface area contributed by atoms with E-state index in [2.05, 4.69) is 4.98 Å². The van der Waals surface area contributed by atoms with Crippen LogP contribution in [-0.2, 0) is 9.53 Å². The molecule has 0 aliphatic carbocycles. The predicted octanol–water partition coefficient (Wildman–Crippen LogP) is 2.25. The van der Waals surface area contributed by atoms with Crippen LogP contribution in [0.15, 0.2) is 16.4 Å². The van der Waals surface area contributed by atoms with Crippen molar-refractivity contribution >= 4 is 34.2 Å². The monoisotopic (exact) mass is 258 g/mol. The first-order valence-electron chi connectivity index (χ1n) is 4.82. The summed E-state index contributed by atoms with van der Waals surface area (Å²) in [7, 11) is 0. The van der Waals surface area contributed by atoms with Gasteiger partial charge in [-0.1, -0.05) is 17.4 Å². The molecule has 0 fully saturated rings. The third kappa shape index (κ3) is 4.24. The quantitative estimate of drug-likeness (QED) is 0.498. The molecule has 0 amide bonds. The van der Waals surface area contributed by atoms with E-state index in [9.17, 15) is 4.79 Å². The number of nitrogens with two attached hydrogens (primary N) is 1. The summed E-state index contributed by atoms with van der Waals surface area (Å²) < 4.78 is 5.85. The summed E-state index contributed by atoms with van der Waals surface area (Å²) in [6.07, 6.45) is 3.22. The lowest BCUT2D eigenvalue weighted by molar-refractivity contribution is -0.137. The molecular weight excluding hydrogens is 244 g/mol. The highest BCUT2D eigenvalue weighted by atomic mass is 32.2. The fraction of sp³-hybridized carbons (Fsp3) is 0.400. The summed E-state index contributed by atoms with van der Waals surface area (Å²) in [5.74, 6) is 0.407. The van der Waals surface area contributed by atoms with Crippen LogP contribution in [0.5, 0.6) is 0 Å². The van der Waals surface area contributed by atoms with Crippen molar-refractivity contribution in [3.8, 4) is 0 Å². The van der Waals surface area contributed by atoms with Gasteiger partial charge in [0.1, 0.15) is 0 Å². The molecule has 0 atom stereocenters. The van der Waals surface area contributed by atoms with Crippen molar-refractivity contribution in [2.24, 2.45) is 0 Å². The average molecular weight is 258 g/mol. The van der Waals surface area contributed by atoms with Crippen molar-refractivity contribution in [2.45, 2.75) is 18.1 Å². The number of nitrogen functional groups attached to an aromatic ring is 1. The van der Waals surface area contributed by atoms with Crippen molar-refractivity contribution in [1.29, 1.82) is 0 Å². The zero-order valence-electron chi connectivity index (χ0n) is 9.23. The Bertz CT molecular complexity index is 388. The van der Waals surface area contributed by atoms with Gasteiger partial charge < -0.3 is 10.5 Å². The van der Waals surface area contributed by atoms with Gasteiger partial charge in [0.15, 0.2) is 5.13 Å². The predicted molar refractivity (Wildman–Crippen MR) is 67.8 cm³/mol. The number of anilines is 1. The zero-order chi connectivity index (χ0) is 12.0. The lowest BCUT2D eigenvalue weighted by Crippen LogP contribution is -1.98. The fourth-order valence-electron chi connectivity index (χ4n) is 0.995. The van der Waals surface area contributed by atoms with Crippen LogP contribution >= 0.6 is 23.1 Å². The van der Waals surface area contributed by atoms with Crippen molar-refractivity contribution < 1.29 is 9.53 Å². The Morgan fingerprint density at radius 1 is 1.69 bits per heavy atom. The number of carbonyl (C=O) groups is 1. The SMILES string of the molecule is CCOC(=O)/C=C/CSc1sc(N)nc1C. The Kier molecular flexibility index (Phi) is 5.34. The number of thiazole rings is 1. The minimum atomic E-state index is -0.302. The van der Waals surface area contributed by atoms with Gasteiger partial charge in [0.25, 0.3) is 0 Å². The van der Waals surface area contributed by atoms with Crippen molar-refractivity contribution in [1.82, 2.24) is 4.98 Å². The molecule has 0 radical (unpaired) electrons. The second-order valence-electron chi connectivity index (χ2n) is 2.89. The molecule has 1 heterocycles. The van der Waals surface area contributed by atoms with Gasteiger partial charge >= 0.3 is 5.97 Å². The lowest BCUT2D eigenvalue weighted by atomic mass is 10.5. The van der Waals surface area contributed by atoms with Gasteiger partial charge in [0.2, 0.25) is 0 Å². The maximum Gasteiger partial charge on any atom is 0.330 e. The molecule has 0 saturated carbocycles. The van der Waals surface area contributed by atoms with E-state index in [0.717, 1.165) is 9.90 Å². The first-order valence-corrected chi connectivity index (χ1v) is 6.62. The molecule has 1 rings (SSSR count). The lowest BCUT2D eigenvalue weighted by Gasteiger charge is -1.95. The molecule has 88 valence electrons. The molecule has 1 aromatic rings. The van der Waals surface area contributed by atoms with Gasteiger partial charge in [-0.25, -0.2) is 9.78 Å². The van der Waals surface area contributed by atoms with E-state index in [0.29, 0.717) is 17.5 Å². The van der Waals surface area contributed by atoms with E-state index in [-0.39, 0.29) is 5.97 Å². The van der Waals surface area contributed by atoms with Crippen molar-refractivity contribution in [3.63, 3.8) is 0 Å². The molecular formula is C10H14N2O2S2. The summed E-state index contributed by atoms with van der Waals surface area (Å²) in [4.78, 5) is 15.1. The Hall–Kier alpha value is -1.01. The topological polar surface area (TPSA) is 65.2 Å². The van der Waals surface area contributed by atoms with E-state index in [1.807, 2.05) is 6.92 Å².